The number of pyridine rings is 1. The Hall–Kier alpha value is -1.69. The van der Waals surface area contributed by atoms with E-state index < -0.39 is 0 Å². The molecule has 18 heavy (non-hydrogen) atoms. The van der Waals surface area contributed by atoms with E-state index in [0.717, 1.165) is 15.9 Å². The van der Waals surface area contributed by atoms with Gasteiger partial charge in [0.2, 0.25) is 0 Å². The lowest BCUT2D eigenvalue weighted by Crippen LogP contribution is -1.99. The third-order valence-corrected chi connectivity index (χ3v) is 3.62. The van der Waals surface area contributed by atoms with Crippen LogP contribution in [0.25, 0.3) is 0 Å². The predicted octanol–water partition coefficient (Wildman–Crippen LogP) is 2.26. The fourth-order valence-electron chi connectivity index (χ4n) is 1.37. The van der Waals surface area contributed by atoms with Crippen molar-refractivity contribution in [2.45, 2.75) is 30.3 Å². The van der Waals surface area contributed by atoms with Crippen LogP contribution in [0.3, 0.4) is 0 Å². The molecule has 0 aliphatic carbocycles. The lowest BCUT2D eigenvalue weighted by Gasteiger charge is -2.02. The summed E-state index contributed by atoms with van der Waals surface area (Å²) in [4.78, 5) is 16.5. The molecule has 0 unspecified atom stereocenters. The molecule has 0 amide bonds. The van der Waals surface area contributed by atoms with Gasteiger partial charge in [-0.25, -0.2) is 0 Å². The van der Waals surface area contributed by atoms with Crippen molar-refractivity contribution in [3.8, 4) is 0 Å². The summed E-state index contributed by atoms with van der Waals surface area (Å²) in [6.07, 6.45) is 2.17. The van der Waals surface area contributed by atoms with Crippen LogP contribution in [0, 0.1) is 6.92 Å². The summed E-state index contributed by atoms with van der Waals surface area (Å²) in [6, 6.07) is 3.63. The maximum Gasteiger partial charge on any atom is 0.195 e. The van der Waals surface area contributed by atoms with Gasteiger partial charge in [0.25, 0.3) is 0 Å². The van der Waals surface area contributed by atoms with Crippen LogP contribution in [0.2, 0.25) is 0 Å². The molecule has 2 aromatic heterocycles. The molecule has 2 heterocycles. The van der Waals surface area contributed by atoms with Gasteiger partial charge in [-0.2, -0.15) is 0 Å². The van der Waals surface area contributed by atoms with E-state index in [0.29, 0.717) is 12.1 Å². The number of aromatic nitrogens is 4. The average Bonchev–Trinajstić information content (AvgIpc) is 2.71. The Morgan fingerprint density at radius 2 is 2.17 bits per heavy atom. The van der Waals surface area contributed by atoms with Crippen LogP contribution in [0.15, 0.2) is 28.4 Å². The maximum atomic E-state index is 11.4. The monoisotopic (exact) mass is 262 g/mol. The minimum absolute atomic E-state index is 0.0565. The van der Waals surface area contributed by atoms with Crippen LogP contribution in [0.5, 0.6) is 0 Å². The highest BCUT2D eigenvalue weighted by Gasteiger charge is 2.08. The number of nitrogens with zero attached hydrogens (tertiary/aromatic N) is 4. The third-order valence-electron chi connectivity index (χ3n) is 2.60. The lowest BCUT2D eigenvalue weighted by atomic mass is 10.2. The first kappa shape index (κ1) is 12.8. The second-order valence-corrected chi connectivity index (χ2v) is 4.89. The van der Waals surface area contributed by atoms with Gasteiger partial charge in [0.1, 0.15) is 11.5 Å². The second kappa shape index (κ2) is 5.30. The number of ketones is 1. The SMILES string of the molecule is CCC(=O)c1ccc(Sc2nnc(C)n2C)cn1. The lowest BCUT2D eigenvalue weighted by molar-refractivity contribution is 0.0983. The molecule has 94 valence electrons. The molecule has 6 heteroatoms. The molecule has 0 spiro atoms. The summed E-state index contributed by atoms with van der Waals surface area (Å²) in [6.45, 7) is 3.73. The Labute approximate surface area is 110 Å². The van der Waals surface area contributed by atoms with Crippen LogP contribution in [-0.2, 0) is 7.05 Å². The van der Waals surface area contributed by atoms with E-state index in [1.54, 1.807) is 12.3 Å². The fraction of sp³-hybridized carbons (Fsp3) is 0.333. The molecule has 0 aliphatic rings. The van der Waals surface area contributed by atoms with Gasteiger partial charge < -0.3 is 4.57 Å². The third kappa shape index (κ3) is 2.59. The standard InChI is InChI=1S/C12H14N4OS/c1-4-11(17)10-6-5-9(7-13-10)18-12-15-14-8(2)16(12)3/h5-7H,4H2,1-3H3. The van der Waals surface area contributed by atoms with Crippen LogP contribution < -0.4 is 0 Å². The van der Waals surface area contributed by atoms with Crippen LogP contribution in [-0.4, -0.2) is 25.5 Å². The van der Waals surface area contributed by atoms with Crippen LogP contribution >= 0.6 is 11.8 Å². The van der Waals surface area contributed by atoms with Crippen LogP contribution in [0.1, 0.15) is 29.7 Å². The van der Waals surface area contributed by atoms with Crippen molar-refractivity contribution in [1.82, 2.24) is 19.7 Å². The van der Waals surface area contributed by atoms with Gasteiger partial charge in [-0.05, 0) is 30.8 Å². The first-order valence-corrected chi connectivity index (χ1v) is 6.46. The summed E-state index contributed by atoms with van der Waals surface area (Å²) < 4.78 is 1.91. The zero-order chi connectivity index (χ0) is 13.1. The molecule has 0 aromatic carbocycles. The highest BCUT2D eigenvalue weighted by Crippen LogP contribution is 2.25. The number of hydrogen-bond donors (Lipinski definition) is 0. The summed E-state index contributed by atoms with van der Waals surface area (Å²) >= 11 is 1.48. The molecular weight excluding hydrogens is 248 g/mol. The number of Topliss-reactive ketones (excluding diaryl/α,β-unsaturated/α-hetero) is 1. The molecule has 0 saturated carbocycles. The van der Waals surface area contributed by atoms with Crippen molar-refractivity contribution in [3.63, 3.8) is 0 Å². The highest BCUT2D eigenvalue weighted by atomic mass is 32.2. The first-order valence-electron chi connectivity index (χ1n) is 5.65. The van der Waals surface area contributed by atoms with Gasteiger partial charge >= 0.3 is 0 Å². The largest absolute Gasteiger partial charge is 0.309 e. The number of carbonyl (C=O) groups is 1. The van der Waals surface area contributed by atoms with Crippen molar-refractivity contribution in [3.05, 3.63) is 29.8 Å². The molecule has 0 N–H and O–H groups in total. The molecule has 0 saturated heterocycles. The summed E-state index contributed by atoms with van der Waals surface area (Å²) in [5.41, 5.74) is 0.510. The van der Waals surface area contributed by atoms with Gasteiger partial charge in [-0.15, -0.1) is 10.2 Å². The zero-order valence-electron chi connectivity index (χ0n) is 10.5. The number of carbonyl (C=O) groups excluding carboxylic acids is 1. The molecule has 0 aliphatic heterocycles. The van der Waals surface area contributed by atoms with E-state index in [-0.39, 0.29) is 5.78 Å². The van der Waals surface area contributed by atoms with Crippen LogP contribution in [0.4, 0.5) is 0 Å². The van der Waals surface area contributed by atoms with Gasteiger partial charge in [-0.1, -0.05) is 6.92 Å². The predicted molar refractivity (Wildman–Crippen MR) is 68.7 cm³/mol. The normalized spacial score (nSPS) is 10.6. The highest BCUT2D eigenvalue weighted by molar-refractivity contribution is 7.99. The van der Waals surface area contributed by atoms with Crippen molar-refractivity contribution in [2.24, 2.45) is 7.05 Å². The van der Waals surface area contributed by atoms with Gasteiger partial charge in [-0.3, -0.25) is 9.78 Å². The van der Waals surface area contributed by atoms with E-state index in [4.69, 9.17) is 0 Å². The van der Waals surface area contributed by atoms with Gasteiger partial charge in [0.15, 0.2) is 10.9 Å². The molecule has 2 rings (SSSR count). The Kier molecular flexibility index (Phi) is 3.76. The topological polar surface area (TPSA) is 60.7 Å². The van der Waals surface area contributed by atoms with E-state index >= 15 is 0 Å². The number of aryl methyl sites for hydroxylation is 1. The Bertz CT molecular complexity index is 562. The second-order valence-electron chi connectivity index (χ2n) is 3.85. The van der Waals surface area contributed by atoms with Crippen molar-refractivity contribution < 1.29 is 4.79 Å². The maximum absolute atomic E-state index is 11.4. The van der Waals surface area contributed by atoms with Crippen molar-refractivity contribution >= 4 is 17.5 Å². The zero-order valence-corrected chi connectivity index (χ0v) is 11.4. The number of hydrogen-bond acceptors (Lipinski definition) is 5. The average molecular weight is 262 g/mol. The Morgan fingerprint density at radius 3 is 2.67 bits per heavy atom. The van der Waals surface area contributed by atoms with Gasteiger partial charge in [0.05, 0.1) is 0 Å². The van der Waals surface area contributed by atoms with E-state index in [1.807, 2.05) is 31.5 Å². The summed E-state index contributed by atoms with van der Waals surface area (Å²) in [5, 5.41) is 8.86. The van der Waals surface area contributed by atoms with E-state index in [1.165, 1.54) is 11.8 Å². The van der Waals surface area contributed by atoms with Crippen molar-refractivity contribution in [1.29, 1.82) is 0 Å². The molecule has 0 fully saturated rings. The minimum atomic E-state index is 0.0565. The van der Waals surface area contributed by atoms with E-state index in [9.17, 15) is 4.79 Å². The Morgan fingerprint density at radius 1 is 1.39 bits per heavy atom. The molecule has 0 bridgehead atoms. The molecule has 5 nitrogen and oxygen atoms in total. The molecule has 2 aromatic rings. The van der Waals surface area contributed by atoms with E-state index in [2.05, 4.69) is 15.2 Å². The number of rotatable bonds is 4. The molecular formula is C12H14N4OS. The Balaban J connectivity index is 2.16. The first-order chi connectivity index (χ1) is 8.61. The smallest absolute Gasteiger partial charge is 0.195 e. The summed E-state index contributed by atoms with van der Waals surface area (Å²) in [5.74, 6) is 0.921. The van der Waals surface area contributed by atoms with Crippen molar-refractivity contribution in [2.75, 3.05) is 0 Å². The minimum Gasteiger partial charge on any atom is -0.309 e. The fourth-order valence-corrected chi connectivity index (χ4v) is 2.17. The quantitative estimate of drug-likeness (QED) is 0.791. The van der Waals surface area contributed by atoms with Gasteiger partial charge in [0, 0.05) is 24.6 Å². The summed E-state index contributed by atoms with van der Waals surface area (Å²) in [7, 11) is 1.92. The molecule has 0 radical (unpaired) electrons. The molecule has 0 atom stereocenters.